The normalized spacial score (nSPS) is 12.9. The summed E-state index contributed by atoms with van der Waals surface area (Å²) in [7, 11) is -3.83. The van der Waals surface area contributed by atoms with Crippen LogP contribution >= 0.6 is 0 Å². The number of carbonyl (C=O) groups is 1. The largest absolute Gasteiger partial charge is 0.344 e. The molecule has 0 radical (unpaired) electrons. The Balaban J connectivity index is 1.76. The standard InChI is InChI=1S/C25H22F2N4O3S/c1-15(29-24(32)16-12-17(25(2,26)27)14-18(13-16)35(3,33)34)22-23(21-10-6-7-11-28-21)31-20-9-5-4-8-19(20)30-22/h4-15H,1-3H3,(H,29,32)/t15-/m0/s1. The van der Waals surface area contributed by atoms with Gasteiger partial charge >= 0.3 is 0 Å². The predicted octanol–water partition coefficient (Wildman–Crippen LogP) is 4.70. The van der Waals surface area contributed by atoms with Gasteiger partial charge in [-0.3, -0.25) is 9.78 Å². The third-order valence-corrected chi connectivity index (χ3v) is 6.46. The highest BCUT2D eigenvalue weighted by Gasteiger charge is 2.28. The van der Waals surface area contributed by atoms with Crippen LogP contribution in [-0.4, -0.2) is 35.5 Å². The highest BCUT2D eigenvalue weighted by Crippen LogP contribution is 2.31. The number of benzene rings is 2. The summed E-state index contributed by atoms with van der Waals surface area (Å²) in [5.41, 5.74) is 1.91. The van der Waals surface area contributed by atoms with Crippen molar-refractivity contribution in [1.82, 2.24) is 20.3 Å². The van der Waals surface area contributed by atoms with E-state index in [1.54, 1.807) is 37.4 Å². The molecule has 2 heterocycles. The summed E-state index contributed by atoms with van der Waals surface area (Å²) in [6, 6.07) is 14.8. The van der Waals surface area contributed by atoms with E-state index < -0.39 is 33.3 Å². The van der Waals surface area contributed by atoms with Gasteiger partial charge in [-0.2, -0.15) is 0 Å². The number of amides is 1. The topological polar surface area (TPSA) is 102 Å². The van der Waals surface area contributed by atoms with Crippen molar-refractivity contribution in [2.75, 3.05) is 6.26 Å². The van der Waals surface area contributed by atoms with Crippen LogP contribution in [0.3, 0.4) is 0 Å². The summed E-state index contributed by atoms with van der Waals surface area (Å²) in [5.74, 6) is -4.06. The van der Waals surface area contributed by atoms with Crippen LogP contribution in [0.15, 0.2) is 71.8 Å². The summed E-state index contributed by atoms with van der Waals surface area (Å²) < 4.78 is 52.2. The van der Waals surface area contributed by atoms with Gasteiger partial charge in [0.1, 0.15) is 5.69 Å². The Hall–Kier alpha value is -3.79. The van der Waals surface area contributed by atoms with Gasteiger partial charge in [0.05, 0.1) is 33.4 Å². The Morgan fingerprint density at radius 3 is 2.26 bits per heavy atom. The molecule has 0 saturated heterocycles. The fraction of sp³-hybridized carbons (Fsp3) is 0.200. The zero-order valence-electron chi connectivity index (χ0n) is 19.2. The number of alkyl halides is 2. The van der Waals surface area contributed by atoms with Crippen LogP contribution in [0, 0.1) is 0 Å². The molecule has 0 saturated carbocycles. The van der Waals surface area contributed by atoms with Crippen molar-refractivity contribution >= 4 is 26.8 Å². The van der Waals surface area contributed by atoms with Crippen LogP contribution in [0.1, 0.15) is 41.5 Å². The number of pyridine rings is 1. The smallest absolute Gasteiger partial charge is 0.270 e. The third-order valence-electron chi connectivity index (χ3n) is 5.37. The molecule has 0 aliphatic carbocycles. The molecule has 2 aromatic carbocycles. The molecule has 1 atom stereocenters. The van der Waals surface area contributed by atoms with Crippen LogP contribution in [-0.2, 0) is 15.8 Å². The van der Waals surface area contributed by atoms with Crippen molar-refractivity contribution in [3.8, 4) is 11.4 Å². The number of fused-ring (bicyclic) bond motifs is 1. The second-order valence-electron chi connectivity index (χ2n) is 8.26. The van der Waals surface area contributed by atoms with Crippen LogP contribution < -0.4 is 5.32 Å². The van der Waals surface area contributed by atoms with Gasteiger partial charge in [-0.25, -0.2) is 27.2 Å². The molecule has 35 heavy (non-hydrogen) atoms. The second-order valence-corrected chi connectivity index (χ2v) is 10.3. The molecule has 10 heteroatoms. The van der Waals surface area contributed by atoms with E-state index >= 15 is 0 Å². The number of hydrogen-bond acceptors (Lipinski definition) is 6. The van der Waals surface area contributed by atoms with E-state index in [2.05, 4.69) is 20.3 Å². The maximum absolute atomic E-state index is 14.0. The molecule has 4 rings (SSSR count). The van der Waals surface area contributed by atoms with Crippen LogP contribution in [0.25, 0.3) is 22.4 Å². The molecular weight excluding hydrogens is 474 g/mol. The first-order chi connectivity index (χ1) is 16.4. The van der Waals surface area contributed by atoms with Crippen molar-refractivity contribution in [2.45, 2.75) is 30.7 Å². The Morgan fingerprint density at radius 1 is 1.00 bits per heavy atom. The number of rotatable bonds is 6. The Labute approximate surface area is 201 Å². The number of nitrogens with one attached hydrogen (secondary N) is 1. The number of sulfone groups is 1. The van der Waals surface area contributed by atoms with Crippen LogP contribution in [0.2, 0.25) is 0 Å². The van der Waals surface area contributed by atoms with Gasteiger partial charge in [-0.1, -0.05) is 18.2 Å². The first kappa shape index (κ1) is 24.3. The molecule has 180 valence electrons. The van der Waals surface area contributed by atoms with E-state index in [-0.39, 0.29) is 10.5 Å². The van der Waals surface area contributed by atoms with Gasteiger partial charge in [0.15, 0.2) is 9.84 Å². The van der Waals surface area contributed by atoms with E-state index in [4.69, 9.17) is 0 Å². The minimum Gasteiger partial charge on any atom is -0.344 e. The third kappa shape index (κ3) is 5.32. The summed E-state index contributed by atoms with van der Waals surface area (Å²) >= 11 is 0. The predicted molar refractivity (Wildman–Crippen MR) is 128 cm³/mol. The highest BCUT2D eigenvalue weighted by atomic mass is 32.2. The first-order valence-corrected chi connectivity index (χ1v) is 12.5. The van der Waals surface area contributed by atoms with Gasteiger partial charge < -0.3 is 5.32 Å². The van der Waals surface area contributed by atoms with E-state index in [9.17, 15) is 22.0 Å². The Kier molecular flexibility index (Phi) is 6.33. The molecule has 0 spiro atoms. The van der Waals surface area contributed by atoms with Gasteiger partial charge in [-0.15, -0.1) is 0 Å². The van der Waals surface area contributed by atoms with Crippen molar-refractivity contribution in [3.63, 3.8) is 0 Å². The molecule has 4 aromatic rings. The zero-order chi connectivity index (χ0) is 25.4. The average Bonchev–Trinajstić information content (AvgIpc) is 2.82. The number of carbonyl (C=O) groups excluding carboxylic acids is 1. The Morgan fingerprint density at radius 2 is 1.66 bits per heavy atom. The summed E-state index contributed by atoms with van der Waals surface area (Å²) in [4.78, 5) is 26.4. The number of halogens is 2. The fourth-order valence-corrected chi connectivity index (χ4v) is 4.24. The van der Waals surface area contributed by atoms with E-state index in [1.165, 1.54) is 0 Å². The lowest BCUT2D eigenvalue weighted by molar-refractivity contribution is 0.0172. The summed E-state index contributed by atoms with van der Waals surface area (Å²) in [6.45, 7) is 2.32. The molecule has 1 N–H and O–H groups in total. The number of hydrogen-bond donors (Lipinski definition) is 1. The van der Waals surface area contributed by atoms with Gasteiger partial charge in [0.25, 0.3) is 11.8 Å². The van der Waals surface area contributed by atoms with Crippen molar-refractivity contribution in [2.24, 2.45) is 0 Å². The maximum Gasteiger partial charge on any atom is 0.270 e. The minimum atomic E-state index is -3.83. The highest BCUT2D eigenvalue weighted by molar-refractivity contribution is 7.90. The maximum atomic E-state index is 14.0. The van der Waals surface area contributed by atoms with E-state index in [1.807, 2.05) is 18.2 Å². The lowest BCUT2D eigenvalue weighted by atomic mass is 10.0. The van der Waals surface area contributed by atoms with Crippen LogP contribution in [0.4, 0.5) is 8.78 Å². The summed E-state index contributed by atoms with van der Waals surface area (Å²) in [5, 5.41) is 2.74. The van der Waals surface area contributed by atoms with Gasteiger partial charge in [0, 0.05) is 30.5 Å². The molecule has 0 aliphatic heterocycles. The van der Waals surface area contributed by atoms with Gasteiger partial charge in [0.2, 0.25) is 0 Å². The van der Waals surface area contributed by atoms with Crippen LogP contribution in [0.5, 0.6) is 0 Å². The van der Waals surface area contributed by atoms with Crippen molar-refractivity contribution in [3.05, 3.63) is 83.7 Å². The van der Waals surface area contributed by atoms with Gasteiger partial charge in [-0.05, 0) is 49.4 Å². The van der Waals surface area contributed by atoms with E-state index in [0.29, 0.717) is 35.0 Å². The number of aromatic nitrogens is 3. The lowest BCUT2D eigenvalue weighted by Gasteiger charge is -2.18. The quantitative estimate of drug-likeness (QED) is 0.415. The molecule has 2 aromatic heterocycles. The monoisotopic (exact) mass is 496 g/mol. The molecule has 7 nitrogen and oxygen atoms in total. The molecule has 1 amide bonds. The average molecular weight is 497 g/mol. The molecular formula is C25H22F2N4O3S. The minimum absolute atomic E-state index is 0.204. The number of para-hydroxylation sites is 2. The van der Waals surface area contributed by atoms with Crippen molar-refractivity contribution in [1.29, 1.82) is 0 Å². The fourth-order valence-electron chi connectivity index (χ4n) is 3.55. The SMILES string of the molecule is C[C@H](NC(=O)c1cc(C(C)(F)F)cc(S(C)(=O)=O)c1)c1nc2ccccc2nc1-c1ccccn1. The summed E-state index contributed by atoms with van der Waals surface area (Å²) in [6.07, 6.45) is 2.51. The number of nitrogens with zero attached hydrogens (tertiary/aromatic N) is 3. The molecule has 0 aliphatic rings. The Bertz CT molecular complexity index is 1520. The zero-order valence-corrected chi connectivity index (χ0v) is 20.0. The molecule has 0 fully saturated rings. The van der Waals surface area contributed by atoms with E-state index in [0.717, 1.165) is 24.5 Å². The van der Waals surface area contributed by atoms with Crippen molar-refractivity contribution < 1.29 is 22.0 Å². The molecule has 0 bridgehead atoms. The molecule has 0 unspecified atom stereocenters. The lowest BCUT2D eigenvalue weighted by Crippen LogP contribution is -2.28. The first-order valence-electron chi connectivity index (χ1n) is 10.7. The second kappa shape index (κ2) is 9.10.